The van der Waals surface area contributed by atoms with E-state index in [9.17, 15) is 9.90 Å². The first-order valence-electron chi connectivity index (χ1n) is 7.27. The van der Waals surface area contributed by atoms with E-state index in [0.29, 0.717) is 17.1 Å². The molecule has 3 rings (SSSR count). The van der Waals surface area contributed by atoms with Crippen LogP contribution in [0.2, 0.25) is 0 Å². The lowest BCUT2D eigenvalue weighted by Gasteiger charge is -2.32. The Labute approximate surface area is 134 Å². The second kappa shape index (κ2) is 5.93. The van der Waals surface area contributed by atoms with Crippen molar-refractivity contribution in [2.75, 3.05) is 20.8 Å². The number of ketones is 1. The minimum Gasteiger partial charge on any atom is -0.497 e. The van der Waals surface area contributed by atoms with E-state index in [2.05, 4.69) is 0 Å². The van der Waals surface area contributed by atoms with Gasteiger partial charge in [0, 0.05) is 12.5 Å². The van der Waals surface area contributed by atoms with Crippen LogP contribution in [-0.2, 0) is 6.42 Å². The average molecular weight is 314 g/mol. The molecule has 0 fully saturated rings. The van der Waals surface area contributed by atoms with E-state index >= 15 is 0 Å². The van der Waals surface area contributed by atoms with Crippen LogP contribution in [0.4, 0.5) is 0 Å². The molecule has 0 saturated heterocycles. The SMILES string of the molecule is COc1ccc(C[C@]2(O)COc3cc(OC)ccc3C2=O)cc1. The van der Waals surface area contributed by atoms with Gasteiger partial charge in [0.25, 0.3) is 0 Å². The Morgan fingerprint density at radius 2 is 1.74 bits per heavy atom. The molecule has 1 N–H and O–H groups in total. The summed E-state index contributed by atoms with van der Waals surface area (Å²) in [7, 11) is 3.14. The molecule has 0 unspecified atom stereocenters. The Kier molecular flexibility index (Phi) is 3.96. The molecule has 0 aromatic heterocycles. The molecule has 1 heterocycles. The molecular weight excluding hydrogens is 296 g/mol. The lowest BCUT2D eigenvalue weighted by Crippen LogP contribution is -2.49. The van der Waals surface area contributed by atoms with Gasteiger partial charge in [-0.15, -0.1) is 0 Å². The van der Waals surface area contributed by atoms with Crippen molar-refractivity contribution in [1.29, 1.82) is 0 Å². The first-order valence-corrected chi connectivity index (χ1v) is 7.27. The molecule has 1 atom stereocenters. The number of methoxy groups -OCH3 is 2. The highest BCUT2D eigenvalue weighted by Gasteiger charge is 2.42. The smallest absolute Gasteiger partial charge is 0.201 e. The summed E-state index contributed by atoms with van der Waals surface area (Å²) in [5.41, 5.74) is -0.369. The summed E-state index contributed by atoms with van der Waals surface area (Å²) < 4.78 is 15.8. The molecule has 2 aromatic carbocycles. The second-order valence-electron chi connectivity index (χ2n) is 5.54. The maximum absolute atomic E-state index is 12.7. The molecule has 0 bridgehead atoms. The van der Waals surface area contributed by atoms with Gasteiger partial charge in [0.1, 0.15) is 23.9 Å². The molecule has 120 valence electrons. The van der Waals surface area contributed by atoms with E-state index in [1.807, 2.05) is 12.1 Å². The molecule has 0 aliphatic carbocycles. The van der Waals surface area contributed by atoms with E-state index in [1.165, 1.54) is 0 Å². The third-order valence-electron chi connectivity index (χ3n) is 3.98. The van der Waals surface area contributed by atoms with Crippen molar-refractivity contribution in [3.63, 3.8) is 0 Å². The fourth-order valence-corrected chi connectivity index (χ4v) is 2.66. The topological polar surface area (TPSA) is 65.0 Å². The van der Waals surface area contributed by atoms with Gasteiger partial charge in [-0.1, -0.05) is 12.1 Å². The van der Waals surface area contributed by atoms with Gasteiger partial charge < -0.3 is 19.3 Å². The molecule has 1 aliphatic heterocycles. The van der Waals surface area contributed by atoms with Crippen molar-refractivity contribution >= 4 is 5.78 Å². The van der Waals surface area contributed by atoms with Gasteiger partial charge in [0.15, 0.2) is 5.60 Å². The summed E-state index contributed by atoms with van der Waals surface area (Å²) in [6.45, 7) is -0.0853. The Morgan fingerprint density at radius 3 is 2.39 bits per heavy atom. The molecule has 23 heavy (non-hydrogen) atoms. The van der Waals surface area contributed by atoms with Gasteiger partial charge >= 0.3 is 0 Å². The van der Waals surface area contributed by atoms with Crippen LogP contribution in [-0.4, -0.2) is 37.3 Å². The molecule has 0 radical (unpaired) electrons. The van der Waals surface area contributed by atoms with Crippen LogP contribution >= 0.6 is 0 Å². The highest BCUT2D eigenvalue weighted by Crippen LogP contribution is 2.34. The zero-order valence-corrected chi connectivity index (χ0v) is 13.0. The second-order valence-corrected chi connectivity index (χ2v) is 5.54. The van der Waals surface area contributed by atoms with Crippen molar-refractivity contribution in [2.24, 2.45) is 0 Å². The fraction of sp³-hybridized carbons (Fsp3) is 0.278. The summed E-state index contributed by atoms with van der Waals surface area (Å²) in [6, 6.07) is 12.2. The number of aliphatic hydroxyl groups is 1. The van der Waals surface area contributed by atoms with Crippen LogP contribution < -0.4 is 14.2 Å². The Balaban J connectivity index is 1.85. The van der Waals surface area contributed by atoms with Crippen molar-refractivity contribution in [2.45, 2.75) is 12.0 Å². The number of hydrogen-bond donors (Lipinski definition) is 1. The maximum Gasteiger partial charge on any atom is 0.201 e. The van der Waals surface area contributed by atoms with Crippen molar-refractivity contribution in [1.82, 2.24) is 0 Å². The van der Waals surface area contributed by atoms with Gasteiger partial charge in [-0.2, -0.15) is 0 Å². The van der Waals surface area contributed by atoms with Crippen molar-refractivity contribution < 1.29 is 24.1 Å². The number of fused-ring (bicyclic) bond motifs is 1. The summed E-state index contributed by atoms with van der Waals surface area (Å²) in [5, 5.41) is 10.8. The molecule has 2 aromatic rings. The van der Waals surface area contributed by atoms with Gasteiger partial charge in [0.05, 0.1) is 19.8 Å². The largest absolute Gasteiger partial charge is 0.497 e. The lowest BCUT2D eigenvalue weighted by atomic mass is 9.85. The normalized spacial score (nSPS) is 19.7. The average Bonchev–Trinajstić information content (AvgIpc) is 2.59. The van der Waals surface area contributed by atoms with Crippen LogP contribution in [0.1, 0.15) is 15.9 Å². The predicted octanol–water partition coefficient (Wildman–Crippen LogP) is 2.25. The van der Waals surface area contributed by atoms with Crippen LogP contribution in [0.25, 0.3) is 0 Å². The highest BCUT2D eigenvalue weighted by atomic mass is 16.5. The Morgan fingerprint density at radius 1 is 1.09 bits per heavy atom. The van der Waals surface area contributed by atoms with Gasteiger partial charge in [0.2, 0.25) is 5.78 Å². The monoisotopic (exact) mass is 314 g/mol. The number of Topliss-reactive ketones (excluding diaryl/α,β-unsaturated/α-hetero) is 1. The Hall–Kier alpha value is -2.53. The predicted molar refractivity (Wildman–Crippen MR) is 84.5 cm³/mol. The Bertz CT molecular complexity index is 723. The van der Waals surface area contributed by atoms with Gasteiger partial charge in [-0.3, -0.25) is 4.79 Å². The summed E-state index contributed by atoms with van der Waals surface area (Å²) >= 11 is 0. The quantitative estimate of drug-likeness (QED) is 0.937. The summed E-state index contributed by atoms with van der Waals surface area (Å²) in [6.07, 6.45) is 0.182. The minimum atomic E-state index is -1.57. The highest BCUT2D eigenvalue weighted by molar-refractivity contribution is 6.05. The van der Waals surface area contributed by atoms with Crippen LogP contribution in [0, 0.1) is 0 Å². The van der Waals surface area contributed by atoms with Crippen LogP contribution in [0.15, 0.2) is 42.5 Å². The van der Waals surface area contributed by atoms with Crippen molar-refractivity contribution in [3.05, 3.63) is 53.6 Å². The molecule has 0 spiro atoms. The van der Waals surface area contributed by atoms with E-state index in [-0.39, 0.29) is 18.8 Å². The molecule has 5 heteroatoms. The van der Waals surface area contributed by atoms with Gasteiger partial charge in [-0.05, 0) is 29.8 Å². The number of carbonyl (C=O) groups is 1. The van der Waals surface area contributed by atoms with E-state index in [4.69, 9.17) is 14.2 Å². The van der Waals surface area contributed by atoms with Gasteiger partial charge in [-0.25, -0.2) is 0 Å². The zero-order valence-electron chi connectivity index (χ0n) is 13.0. The number of carbonyl (C=O) groups excluding carboxylic acids is 1. The first-order chi connectivity index (χ1) is 11.1. The molecule has 0 saturated carbocycles. The number of benzene rings is 2. The van der Waals surface area contributed by atoms with E-state index in [0.717, 1.165) is 11.3 Å². The van der Waals surface area contributed by atoms with Crippen LogP contribution in [0.3, 0.4) is 0 Å². The number of ether oxygens (including phenoxy) is 3. The van der Waals surface area contributed by atoms with Crippen LogP contribution in [0.5, 0.6) is 17.2 Å². The van der Waals surface area contributed by atoms with E-state index in [1.54, 1.807) is 44.6 Å². The molecule has 0 amide bonds. The lowest BCUT2D eigenvalue weighted by molar-refractivity contribution is -0.00199. The number of hydrogen-bond acceptors (Lipinski definition) is 5. The molecular formula is C18H18O5. The van der Waals surface area contributed by atoms with Crippen molar-refractivity contribution in [3.8, 4) is 17.2 Å². The maximum atomic E-state index is 12.7. The minimum absolute atomic E-state index is 0.0853. The molecule has 1 aliphatic rings. The summed E-state index contributed by atoms with van der Waals surface area (Å²) in [4.78, 5) is 12.7. The third-order valence-corrected chi connectivity index (χ3v) is 3.98. The third kappa shape index (κ3) is 2.87. The fourth-order valence-electron chi connectivity index (χ4n) is 2.66. The first kappa shape index (κ1) is 15.4. The molecule has 5 nitrogen and oxygen atoms in total. The standard InChI is InChI=1S/C18H18O5/c1-21-13-5-3-12(4-6-13)10-18(20)11-23-16-9-14(22-2)7-8-15(16)17(18)19/h3-9,20H,10-11H2,1-2H3/t18-/m0/s1. The number of rotatable bonds is 4. The van der Waals surface area contributed by atoms with E-state index < -0.39 is 5.60 Å². The zero-order chi connectivity index (χ0) is 16.4. The summed E-state index contributed by atoms with van der Waals surface area (Å²) in [5.74, 6) is 1.44.